The number of hydrogen-bond acceptors (Lipinski definition) is 8. The molecule has 0 bridgehead atoms. The number of fused-ring (bicyclic) bond motifs is 4. The van der Waals surface area contributed by atoms with Crippen LogP contribution in [0, 0.1) is 17.0 Å². The molecule has 5 heterocycles. The number of pyridine rings is 1. The molecule has 3 atom stereocenters. The standard InChI is InChI=1S/C28H30F2N6O5/c1-14-13-36-22-16(12-28(23(36)15(2)41-14)25(38)33-27(40)34-26(28)39)11-18(20(29)21(22)30)24(37)32-17-6-9-35(10-7-17)19-5-3-4-8-31-19/h3-5,8,11,14-15,17,23H,6-7,9-10,12-13H2,1-2H3,(H,32,37)(H2,33,34,38,39,40)/t14-,15+,23-/m1/s1. The number of piperidine rings is 1. The fourth-order valence-corrected chi connectivity index (χ4v) is 6.76. The van der Waals surface area contributed by atoms with E-state index >= 15 is 8.78 Å². The molecule has 6 rings (SSSR count). The van der Waals surface area contributed by atoms with Crippen LogP contribution < -0.4 is 25.8 Å². The molecule has 11 nitrogen and oxygen atoms in total. The summed E-state index contributed by atoms with van der Waals surface area (Å²) in [6.07, 6.45) is 1.36. The smallest absolute Gasteiger partial charge is 0.328 e. The van der Waals surface area contributed by atoms with Gasteiger partial charge in [0.05, 0.1) is 29.5 Å². The van der Waals surface area contributed by atoms with Crippen molar-refractivity contribution in [2.75, 3.05) is 29.4 Å². The van der Waals surface area contributed by atoms with Gasteiger partial charge in [-0.15, -0.1) is 0 Å². The summed E-state index contributed by atoms with van der Waals surface area (Å²) in [5, 5.41) is 7.12. The van der Waals surface area contributed by atoms with Crippen molar-refractivity contribution in [3.05, 3.63) is 53.2 Å². The molecule has 13 heteroatoms. The minimum Gasteiger partial charge on any atom is -0.372 e. The van der Waals surface area contributed by atoms with E-state index in [0.717, 1.165) is 5.82 Å². The van der Waals surface area contributed by atoms with Crippen LogP contribution in [-0.4, -0.2) is 72.7 Å². The maximum absolute atomic E-state index is 15.9. The van der Waals surface area contributed by atoms with Crippen molar-refractivity contribution in [1.29, 1.82) is 0 Å². The Morgan fingerprint density at radius 2 is 1.80 bits per heavy atom. The topological polar surface area (TPSA) is 133 Å². The van der Waals surface area contributed by atoms with Crippen LogP contribution in [0.4, 0.5) is 25.1 Å². The van der Waals surface area contributed by atoms with Crippen LogP contribution in [0.3, 0.4) is 0 Å². The van der Waals surface area contributed by atoms with Gasteiger partial charge < -0.3 is 19.9 Å². The molecular formula is C28H30F2N6O5. The van der Waals surface area contributed by atoms with Gasteiger partial charge in [-0.25, -0.2) is 18.6 Å². The number of nitrogens with one attached hydrogen (secondary N) is 3. The molecule has 1 aromatic heterocycles. The Morgan fingerprint density at radius 3 is 2.46 bits per heavy atom. The second-order valence-corrected chi connectivity index (χ2v) is 11.1. The molecule has 5 amide bonds. The zero-order chi connectivity index (χ0) is 29.1. The number of amides is 5. The lowest BCUT2D eigenvalue weighted by Gasteiger charge is -2.55. The maximum Gasteiger partial charge on any atom is 0.328 e. The number of carbonyl (C=O) groups is 4. The molecule has 0 aliphatic carbocycles. The van der Waals surface area contributed by atoms with E-state index in [9.17, 15) is 19.2 Å². The van der Waals surface area contributed by atoms with E-state index < -0.39 is 64.6 Å². The van der Waals surface area contributed by atoms with E-state index in [-0.39, 0.29) is 30.3 Å². The van der Waals surface area contributed by atoms with Gasteiger partial charge in [0, 0.05) is 38.3 Å². The lowest BCUT2D eigenvalue weighted by atomic mass is 9.66. The zero-order valence-electron chi connectivity index (χ0n) is 22.6. The number of anilines is 2. The quantitative estimate of drug-likeness (QED) is 0.477. The average Bonchev–Trinajstić information content (AvgIpc) is 2.94. The summed E-state index contributed by atoms with van der Waals surface area (Å²) in [6.45, 7) is 4.71. The van der Waals surface area contributed by atoms with Gasteiger partial charge in [0.2, 0.25) is 11.8 Å². The molecule has 3 fully saturated rings. The highest BCUT2D eigenvalue weighted by Gasteiger charge is 2.63. The van der Waals surface area contributed by atoms with Gasteiger partial charge in [0.15, 0.2) is 17.0 Å². The zero-order valence-corrected chi connectivity index (χ0v) is 22.6. The van der Waals surface area contributed by atoms with E-state index in [1.165, 1.54) is 11.0 Å². The third kappa shape index (κ3) is 4.39. The summed E-state index contributed by atoms with van der Waals surface area (Å²) in [5.41, 5.74) is -2.37. The average molecular weight is 569 g/mol. The monoisotopic (exact) mass is 568 g/mol. The number of morpholine rings is 1. The van der Waals surface area contributed by atoms with Crippen molar-refractivity contribution in [2.45, 2.75) is 57.4 Å². The van der Waals surface area contributed by atoms with E-state index in [0.29, 0.717) is 25.9 Å². The number of aromatic nitrogens is 1. The molecule has 1 aromatic carbocycles. The number of hydrogen-bond donors (Lipinski definition) is 3. The van der Waals surface area contributed by atoms with E-state index in [1.54, 1.807) is 20.0 Å². The van der Waals surface area contributed by atoms with Crippen molar-refractivity contribution in [2.24, 2.45) is 5.41 Å². The molecule has 3 saturated heterocycles. The fraction of sp³-hybridized carbons (Fsp3) is 0.464. The predicted molar refractivity (Wildman–Crippen MR) is 142 cm³/mol. The Labute approximate surface area is 234 Å². The largest absolute Gasteiger partial charge is 0.372 e. The molecule has 216 valence electrons. The number of ether oxygens (including phenoxy) is 1. The van der Waals surface area contributed by atoms with E-state index in [1.807, 2.05) is 18.2 Å². The molecule has 3 N–H and O–H groups in total. The summed E-state index contributed by atoms with van der Waals surface area (Å²) in [5.74, 6) is -4.20. The molecule has 0 unspecified atom stereocenters. The highest BCUT2D eigenvalue weighted by Crippen LogP contribution is 2.48. The first-order valence-electron chi connectivity index (χ1n) is 13.7. The minimum atomic E-state index is -1.86. The summed E-state index contributed by atoms with van der Waals surface area (Å²) >= 11 is 0. The van der Waals surface area contributed by atoms with Crippen molar-refractivity contribution >= 4 is 35.3 Å². The number of benzene rings is 1. The Morgan fingerprint density at radius 1 is 1.10 bits per heavy atom. The number of halogens is 2. The first-order valence-corrected chi connectivity index (χ1v) is 13.7. The lowest BCUT2D eigenvalue weighted by molar-refractivity contribution is -0.153. The van der Waals surface area contributed by atoms with E-state index in [4.69, 9.17) is 4.74 Å². The van der Waals surface area contributed by atoms with Gasteiger partial charge in [-0.3, -0.25) is 25.0 Å². The molecule has 4 aliphatic heterocycles. The van der Waals surface area contributed by atoms with Crippen LogP contribution in [0.25, 0.3) is 0 Å². The van der Waals surface area contributed by atoms with Crippen molar-refractivity contribution in [3.63, 3.8) is 0 Å². The number of rotatable bonds is 3. The molecule has 0 saturated carbocycles. The number of urea groups is 1. The van der Waals surface area contributed by atoms with Crippen LogP contribution in [0.2, 0.25) is 0 Å². The summed E-state index contributed by atoms with van der Waals surface area (Å²) in [4.78, 5) is 59.7. The Hall–Kier alpha value is -4.13. The number of nitrogens with zero attached hydrogens (tertiary/aromatic N) is 3. The minimum absolute atomic E-state index is 0.0645. The fourth-order valence-electron chi connectivity index (χ4n) is 6.76. The Kier molecular flexibility index (Phi) is 6.63. The highest BCUT2D eigenvalue weighted by molar-refractivity contribution is 6.20. The van der Waals surface area contributed by atoms with Crippen molar-refractivity contribution < 1.29 is 32.7 Å². The molecule has 41 heavy (non-hydrogen) atoms. The first kappa shape index (κ1) is 27.1. The Balaban J connectivity index is 1.31. The number of imide groups is 2. The lowest BCUT2D eigenvalue weighted by Crippen LogP contribution is -2.75. The Bertz CT molecular complexity index is 1410. The third-order valence-corrected chi connectivity index (χ3v) is 8.51. The molecule has 0 radical (unpaired) electrons. The van der Waals surface area contributed by atoms with Crippen molar-refractivity contribution in [1.82, 2.24) is 20.9 Å². The summed E-state index contributed by atoms with van der Waals surface area (Å²) in [6, 6.07) is 4.60. The van der Waals surface area contributed by atoms with Crippen LogP contribution in [-0.2, 0) is 20.7 Å². The van der Waals surface area contributed by atoms with Crippen molar-refractivity contribution in [3.8, 4) is 0 Å². The van der Waals surface area contributed by atoms with Gasteiger partial charge in [0.1, 0.15) is 5.82 Å². The van der Waals surface area contributed by atoms with Gasteiger partial charge in [-0.2, -0.15) is 0 Å². The second kappa shape index (κ2) is 10.1. The summed E-state index contributed by atoms with van der Waals surface area (Å²) < 4.78 is 37.3. The van der Waals surface area contributed by atoms with Gasteiger partial charge >= 0.3 is 6.03 Å². The van der Waals surface area contributed by atoms with Gasteiger partial charge in [-0.05, 0) is 50.5 Å². The number of barbiturate groups is 1. The molecule has 2 aromatic rings. The van der Waals surface area contributed by atoms with Gasteiger partial charge in [-0.1, -0.05) is 6.07 Å². The predicted octanol–water partition coefficient (Wildman–Crippen LogP) is 1.65. The third-order valence-electron chi connectivity index (χ3n) is 8.51. The maximum atomic E-state index is 15.9. The SMILES string of the molecule is C[C@@H]1CN2c3c(cc(C(=O)NC4CCN(c5ccccn5)CC4)c(F)c3F)CC3(C(=O)NC(=O)NC3=O)[C@H]2[C@H](C)O1. The summed E-state index contributed by atoms with van der Waals surface area (Å²) in [7, 11) is 0. The molecule has 4 aliphatic rings. The molecule has 1 spiro atoms. The normalized spacial score (nSPS) is 25.8. The van der Waals surface area contributed by atoms with Crippen LogP contribution in [0.15, 0.2) is 30.5 Å². The first-order chi connectivity index (χ1) is 19.6. The van der Waals surface area contributed by atoms with E-state index in [2.05, 4.69) is 25.8 Å². The highest BCUT2D eigenvalue weighted by atomic mass is 19.2. The second-order valence-electron chi connectivity index (χ2n) is 11.1. The van der Waals surface area contributed by atoms with Gasteiger partial charge in [0.25, 0.3) is 5.91 Å². The molecular weight excluding hydrogens is 538 g/mol. The van der Waals surface area contributed by atoms with Crippen LogP contribution in [0.5, 0.6) is 0 Å². The van der Waals surface area contributed by atoms with Crippen LogP contribution >= 0.6 is 0 Å². The number of carbonyl (C=O) groups excluding carboxylic acids is 4. The van der Waals surface area contributed by atoms with Crippen LogP contribution in [0.1, 0.15) is 42.6 Å².